The lowest BCUT2D eigenvalue weighted by atomic mass is 9.89. The molecule has 6 heteroatoms. The third-order valence-corrected chi connectivity index (χ3v) is 3.94. The molecule has 1 unspecified atom stereocenters. The fraction of sp³-hybridized carbons (Fsp3) is 0.556. The number of rotatable bonds is 2. The van der Waals surface area contributed by atoms with Gasteiger partial charge in [-0.25, -0.2) is 14.0 Å². The number of halogens is 1. The second-order valence-corrected chi connectivity index (χ2v) is 7.00. The molecule has 1 fully saturated rings. The predicted octanol–water partition coefficient (Wildman–Crippen LogP) is 3.73. The number of hydrogen-bond acceptors (Lipinski definition) is 4. The monoisotopic (exact) mass is 337 g/mol. The standard InChI is InChI=1S/C18H24FNO4/c1-18(2,3)24-17(22)20-9-5-6-13(11-20)12-7-8-15(19)14(10-12)16(21)23-4/h7-8,10,13H,5-6,9,11H2,1-4H3. The van der Waals surface area contributed by atoms with Gasteiger partial charge in [-0.05, 0) is 51.3 Å². The highest BCUT2D eigenvalue weighted by Crippen LogP contribution is 2.29. The number of carbonyl (C=O) groups is 2. The van der Waals surface area contributed by atoms with Gasteiger partial charge in [0.05, 0.1) is 12.7 Å². The van der Waals surface area contributed by atoms with Crippen LogP contribution in [0.2, 0.25) is 0 Å². The third-order valence-electron chi connectivity index (χ3n) is 3.94. The van der Waals surface area contributed by atoms with E-state index in [1.165, 1.54) is 19.2 Å². The summed E-state index contributed by atoms with van der Waals surface area (Å²) >= 11 is 0. The Hall–Kier alpha value is -2.11. The molecule has 0 aliphatic carbocycles. The first-order valence-corrected chi connectivity index (χ1v) is 8.07. The van der Waals surface area contributed by atoms with E-state index in [4.69, 9.17) is 4.74 Å². The first-order valence-electron chi connectivity index (χ1n) is 8.07. The molecule has 1 aromatic rings. The fourth-order valence-corrected chi connectivity index (χ4v) is 2.80. The van der Waals surface area contributed by atoms with Gasteiger partial charge in [0.2, 0.25) is 0 Å². The van der Waals surface area contributed by atoms with Crippen molar-refractivity contribution >= 4 is 12.1 Å². The van der Waals surface area contributed by atoms with Crippen LogP contribution in [0, 0.1) is 5.82 Å². The molecule has 132 valence electrons. The maximum Gasteiger partial charge on any atom is 0.410 e. The fourth-order valence-electron chi connectivity index (χ4n) is 2.80. The second-order valence-electron chi connectivity index (χ2n) is 7.00. The van der Waals surface area contributed by atoms with Crippen molar-refractivity contribution in [1.29, 1.82) is 0 Å². The van der Waals surface area contributed by atoms with Crippen molar-refractivity contribution in [2.45, 2.75) is 45.1 Å². The first-order chi connectivity index (χ1) is 11.2. The van der Waals surface area contributed by atoms with E-state index in [0.29, 0.717) is 13.1 Å². The largest absolute Gasteiger partial charge is 0.465 e. The van der Waals surface area contributed by atoms with Gasteiger partial charge in [-0.1, -0.05) is 6.07 Å². The summed E-state index contributed by atoms with van der Waals surface area (Å²) in [4.78, 5) is 25.6. The number of ether oxygens (including phenoxy) is 2. The van der Waals surface area contributed by atoms with Crippen LogP contribution in [0.15, 0.2) is 18.2 Å². The number of methoxy groups -OCH3 is 1. The Bertz CT molecular complexity index is 624. The van der Waals surface area contributed by atoms with Crippen LogP contribution in [0.5, 0.6) is 0 Å². The van der Waals surface area contributed by atoms with E-state index >= 15 is 0 Å². The van der Waals surface area contributed by atoms with Crippen LogP contribution in [0.1, 0.15) is 55.5 Å². The van der Waals surface area contributed by atoms with Gasteiger partial charge in [-0.15, -0.1) is 0 Å². The molecule has 0 aromatic heterocycles. The quantitative estimate of drug-likeness (QED) is 0.772. The Labute approximate surface area is 141 Å². The summed E-state index contributed by atoms with van der Waals surface area (Å²) in [6.07, 6.45) is 1.35. The van der Waals surface area contributed by atoms with Gasteiger partial charge in [0.15, 0.2) is 0 Å². The molecule has 0 N–H and O–H groups in total. The van der Waals surface area contributed by atoms with Crippen molar-refractivity contribution in [3.63, 3.8) is 0 Å². The molecule has 1 aliphatic rings. The molecular weight excluding hydrogens is 313 g/mol. The lowest BCUT2D eigenvalue weighted by molar-refractivity contribution is 0.0198. The van der Waals surface area contributed by atoms with Gasteiger partial charge < -0.3 is 14.4 Å². The number of benzene rings is 1. The van der Waals surface area contributed by atoms with Gasteiger partial charge in [0.25, 0.3) is 0 Å². The number of nitrogens with zero attached hydrogens (tertiary/aromatic N) is 1. The summed E-state index contributed by atoms with van der Waals surface area (Å²) in [7, 11) is 1.22. The number of carbonyl (C=O) groups excluding carboxylic acids is 2. The van der Waals surface area contributed by atoms with E-state index in [0.717, 1.165) is 18.4 Å². The van der Waals surface area contributed by atoms with E-state index < -0.39 is 17.4 Å². The van der Waals surface area contributed by atoms with E-state index in [2.05, 4.69) is 4.74 Å². The average Bonchev–Trinajstić information content (AvgIpc) is 2.53. The molecule has 24 heavy (non-hydrogen) atoms. The minimum absolute atomic E-state index is 0.0373. The van der Waals surface area contributed by atoms with Crippen LogP contribution < -0.4 is 0 Å². The molecule has 1 aromatic carbocycles. The van der Waals surface area contributed by atoms with Crippen LogP contribution in [0.3, 0.4) is 0 Å². The van der Waals surface area contributed by atoms with Gasteiger partial charge in [-0.3, -0.25) is 0 Å². The first kappa shape index (κ1) is 18.2. The zero-order valence-electron chi connectivity index (χ0n) is 14.6. The zero-order valence-corrected chi connectivity index (χ0v) is 14.6. The minimum atomic E-state index is -0.700. The molecule has 1 atom stereocenters. The SMILES string of the molecule is COC(=O)c1cc(C2CCCN(C(=O)OC(C)(C)C)C2)ccc1F. The molecule has 5 nitrogen and oxygen atoms in total. The van der Waals surface area contributed by atoms with Gasteiger partial charge in [0, 0.05) is 19.0 Å². The summed E-state index contributed by atoms with van der Waals surface area (Å²) in [5, 5.41) is 0. The summed E-state index contributed by atoms with van der Waals surface area (Å²) in [5.74, 6) is -1.27. The summed E-state index contributed by atoms with van der Waals surface area (Å²) in [6.45, 7) is 6.61. The molecule has 1 heterocycles. The lowest BCUT2D eigenvalue weighted by Crippen LogP contribution is -2.42. The van der Waals surface area contributed by atoms with E-state index in [9.17, 15) is 14.0 Å². The normalized spacial score (nSPS) is 18.2. The van der Waals surface area contributed by atoms with Crippen LogP contribution in [-0.2, 0) is 9.47 Å². The zero-order chi connectivity index (χ0) is 17.9. The maximum atomic E-state index is 13.8. The molecule has 0 saturated carbocycles. The lowest BCUT2D eigenvalue weighted by Gasteiger charge is -2.34. The van der Waals surface area contributed by atoms with E-state index in [1.807, 2.05) is 20.8 Å². The maximum absolute atomic E-state index is 13.8. The molecule has 1 aliphatic heterocycles. The Morgan fingerprint density at radius 3 is 2.62 bits per heavy atom. The molecule has 1 amide bonds. The average molecular weight is 337 g/mol. The molecular formula is C18H24FNO4. The van der Waals surface area contributed by atoms with Gasteiger partial charge >= 0.3 is 12.1 Å². The van der Waals surface area contributed by atoms with Crippen LogP contribution in [0.4, 0.5) is 9.18 Å². The van der Waals surface area contributed by atoms with Crippen LogP contribution >= 0.6 is 0 Å². The minimum Gasteiger partial charge on any atom is -0.465 e. The van der Waals surface area contributed by atoms with Crippen molar-refractivity contribution in [2.24, 2.45) is 0 Å². The number of likely N-dealkylation sites (tertiary alicyclic amines) is 1. The molecule has 2 rings (SSSR count). The topological polar surface area (TPSA) is 55.8 Å². The van der Waals surface area contributed by atoms with Crippen LogP contribution in [-0.4, -0.2) is 42.8 Å². The van der Waals surface area contributed by atoms with Crippen molar-refractivity contribution in [2.75, 3.05) is 20.2 Å². The van der Waals surface area contributed by atoms with E-state index in [-0.39, 0.29) is 17.6 Å². The van der Waals surface area contributed by atoms with Crippen molar-refractivity contribution < 1.29 is 23.5 Å². The van der Waals surface area contributed by atoms with Gasteiger partial charge in [-0.2, -0.15) is 0 Å². The molecule has 0 spiro atoms. The molecule has 0 radical (unpaired) electrons. The number of amides is 1. The van der Waals surface area contributed by atoms with Crippen molar-refractivity contribution in [1.82, 2.24) is 4.90 Å². The third kappa shape index (κ3) is 4.46. The van der Waals surface area contributed by atoms with Crippen LogP contribution in [0.25, 0.3) is 0 Å². The molecule has 0 bridgehead atoms. The smallest absolute Gasteiger partial charge is 0.410 e. The molecule has 1 saturated heterocycles. The second kappa shape index (κ2) is 7.20. The highest BCUT2D eigenvalue weighted by molar-refractivity contribution is 5.89. The summed E-state index contributed by atoms with van der Waals surface area (Å²) in [5.41, 5.74) is 0.201. The Morgan fingerprint density at radius 1 is 1.29 bits per heavy atom. The Kier molecular flexibility index (Phi) is 5.47. The van der Waals surface area contributed by atoms with E-state index in [1.54, 1.807) is 11.0 Å². The number of esters is 1. The highest BCUT2D eigenvalue weighted by atomic mass is 19.1. The number of hydrogen-bond donors (Lipinski definition) is 0. The highest BCUT2D eigenvalue weighted by Gasteiger charge is 2.29. The Balaban J connectivity index is 2.15. The summed E-state index contributed by atoms with van der Waals surface area (Å²) in [6, 6.07) is 4.45. The van der Waals surface area contributed by atoms with Crippen molar-refractivity contribution in [3.8, 4) is 0 Å². The predicted molar refractivity (Wildman–Crippen MR) is 87.5 cm³/mol. The summed E-state index contributed by atoms with van der Waals surface area (Å²) < 4.78 is 23.8. The Morgan fingerprint density at radius 2 is 2.00 bits per heavy atom. The number of piperidine rings is 1. The van der Waals surface area contributed by atoms with Gasteiger partial charge in [0.1, 0.15) is 11.4 Å². The van der Waals surface area contributed by atoms with Crippen molar-refractivity contribution in [3.05, 3.63) is 35.1 Å².